The first-order valence-corrected chi connectivity index (χ1v) is 10.7. The Balaban J connectivity index is 1.77. The van der Waals surface area contributed by atoms with Crippen LogP contribution in [0, 0.1) is 20.8 Å². The predicted molar refractivity (Wildman–Crippen MR) is 108 cm³/mol. The summed E-state index contributed by atoms with van der Waals surface area (Å²) in [6.07, 6.45) is 0. The van der Waals surface area contributed by atoms with Crippen LogP contribution in [0.4, 0.5) is 0 Å². The molecule has 146 valence electrons. The Morgan fingerprint density at radius 2 is 1.59 bits per heavy atom. The van der Waals surface area contributed by atoms with Gasteiger partial charge in [-0.25, -0.2) is 8.42 Å². The quantitative estimate of drug-likeness (QED) is 0.790. The molecule has 1 aliphatic heterocycles. The van der Waals surface area contributed by atoms with E-state index in [2.05, 4.69) is 17.0 Å². The minimum absolute atomic E-state index is 0.428. The zero-order chi connectivity index (χ0) is 19.6. The highest BCUT2D eigenvalue weighted by atomic mass is 32.2. The van der Waals surface area contributed by atoms with Gasteiger partial charge in [0.05, 0.1) is 12.0 Å². The molecule has 0 aliphatic carbocycles. The van der Waals surface area contributed by atoms with Crippen LogP contribution in [0.1, 0.15) is 22.3 Å². The lowest BCUT2D eigenvalue weighted by atomic mass is 10.1. The van der Waals surface area contributed by atoms with Crippen LogP contribution in [0.2, 0.25) is 0 Å². The number of hydrogen-bond donors (Lipinski definition) is 0. The number of ether oxygens (including phenoxy) is 1. The van der Waals surface area contributed by atoms with Gasteiger partial charge in [0.25, 0.3) is 0 Å². The normalized spacial score (nSPS) is 16.4. The third-order valence-corrected chi connectivity index (χ3v) is 7.57. The molecule has 0 radical (unpaired) electrons. The van der Waals surface area contributed by atoms with Crippen molar-refractivity contribution in [1.29, 1.82) is 0 Å². The van der Waals surface area contributed by atoms with Crippen molar-refractivity contribution in [3.05, 3.63) is 58.7 Å². The van der Waals surface area contributed by atoms with E-state index < -0.39 is 10.0 Å². The van der Waals surface area contributed by atoms with E-state index in [-0.39, 0.29) is 0 Å². The summed E-state index contributed by atoms with van der Waals surface area (Å²) < 4.78 is 33.6. The lowest BCUT2D eigenvalue weighted by molar-refractivity contribution is 0.181. The smallest absolute Gasteiger partial charge is 0.243 e. The van der Waals surface area contributed by atoms with Gasteiger partial charge in [-0.15, -0.1) is 0 Å². The lowest BCUT2D eigenvalue weighted by Crippen LogP contribution is -2.48. The SMILES string of the molecule is COc1cc(C)c(S(=O)(=O)N2CCN(Cc3ccccc3)CC2)c(C)c1C. The van der Waals surface area contributed by atoms with Crippen LogP contribution < -0.4 is 4.74 Å². The molecule has 3 rings (SSSR count). The molecule has 2 aromatic rings. The third-order valence-electron chi connectivity index (χ3n) is 5.38. The second-order valence-electron chi connectivity index (χ2n) is 7.14. The molecule has 0 N–H and O–H groups in total. The van der Waals surface area contributed by atoms with Gasteiger partial charge in [0.2, 0.25) is 10.0 Å². The van der Waals surface area contributed by atoms with Gasteiger partial charge in [0, 0.05) is 32.7 Å². The zero-order valence-electron chi connectivity index (χ0n) is 16.5. The van der Waals surface area contributed by atoms with E-state index in [1.807, 2.05) is 45.0 Å². The van der Waals surface area contributed by atoms with E-state index >= 15 is 0 Å². The average molecular weight is 389 g/mol. The highest BCUT2D eigenvalue weighted by molar-refractivity contribution is 7.89. The van der Waals surface area contributed by atoms with E-state index in [9.17, 15) is 8.42 Å². The molecule has 1 aliphatic rings. The number of benzene rings is 2. The Labute approximate surface area is 162 Å². The molecule has 1 heterocycles. The van der Waals surface area contributed by atoms with Gasteiger partial charge in [-0.1, -0.05) is 30.3 Å². The molecule has 1 fully saturated rings. The number of nitrogens with zero attached hydrogens (tertiary/aromatic N) is 2. The summed E-state index contributed by atoms with van der Waals surface area (Å²) in [6.45, 7) is 8.97. The standard InChI is InChI=1S/C21H28N2O3S/c1-16-14-20(26-4)17(2)18(3)21(16)27(24,25)23-12-10-22(11-13-23)15-19-8-6-5-7-9-19/h5-9,14H,10-13,15H2,1-4H3. The van der Waals surface area contributed by atoms with Crippen molar-refractivity contribution in [2.24, 2.45) is 0 Å². The maximum atomic E-state index is 13.3. The van der Waals surface area contributed by atoms with Gasteiger partial charge in [-0.05, 0) is 49.1 Å². The van der Waals surface area contributed by atoms with Gasteiger partial charge < -0.3 is 4.74 Å². The first-order chi connectivity index (χ1) is 12.8. The molecular formula is C21H28N2O3S. The van der Waals surface area contributed by atoms with Gasteiger partial charge in [0.1, 0.15) is 5.75 Å². The molecule has 6 heteroatoms. The zero-order valence-corrected chi connectivity index (χ0v) is 17.3. The van der Waals surface area contributed by atoms with Crippen LogP contribution in [0.25, 0.3) is 0 Å². The Kier molecular flexibility index (Phi) is 5.89. The van der Waals surface area contributed by atoms with Gasteiger partial charge in [-0.2, -0.15) is 4.31 Å². The second-order valence-corrected chi connectivity index (χ2v) is 9.02. The molecule has 0 spiro atoms. The minimum Gasteiger partial charge on any atom is -0.496 e. The van der Waals surface area contributed by atoms with Crippen LogP contribution in [-0.4, -0.2) is 50.9 Å². The Morgan fingerprint density at radius 3 is 2.19 bits per heavy atom. The van der Waals surface area contributed by atoms with Gasteiger partial charge >= 0.3 is 0 Å². The molecule has 0 atom stereocenters. The second kappa shape index (κ2) is 8.00. The van der Waals surface area contributed by atoms with Crippen molar-refractivity contribution in [3.8, 4) is 5.75 Å². The summed E-state index contributed by atoms with van der Waals surface area (Å²) in [4.78, 5) is 2.73. The third kappa shape index (κ3) is 4.03. The molecule has 0 amide bonds. The largest absolute Gasteiger partial charge is 0.496 e. The van der Waals surface area contributed by atoms with Gasteiger partial charge in [-0.3, -0.25) is 4.90 Å². The van der Waals surface area contributed by atoms with Crippen LogP contribution in [0.3, 0.4) is 0 Å². The van der Waals surface area contributed by atoms with Crippen LogP contribution in [-0.2, 0) is 16.6 Å². The number of hydrogen-bond acceptors (Lipinski definition) is 4. The van der Waals surface area contributed by atoms with E-state index in [1.54, 1.807) is 11.4 Å². The molecule has 0 aromatic heterocycles. The Morgan fingerprint density at radius 1 is 0.963 bits per heavy atom. The Bertz CT molecular complexity index is 903. The fraction of sp³-hybridized carbons (Fsp3) is 0.429. The van der Waals surface area contributed by atoms with Gasteiger partial charge in [0.15, 0.2) is 0 Å². The lowest BCUT2D eigenvalue weighted by Gasteiger charge is -2.34. The number of aryl methyl sites for hydroxylation is 1. The van der Waals surface area contributed by atoms with Crippen molar-refractivity contribution in [3.63, 3.8) is 0 Å². The summed E-state index contributed by atoms with van der Waals surface area (Å²) in [5.41, 5.74) is 3.65. The topological polar surface area (TPSA) is 49.9 Å². The highest BCUT2D eigenvalue weighted by Gasteiger charge is 2.31. The highest BCUT2D eigenvalue weighted by Crippen LogP contribution is 2.32. The van der Waals surface area contributed by atoms with Crippen molar-refractivity contribution in [2.75, 3.05) is 33.3 Å². The van der Waals surface area contributed by atoms with Crippen molar-refractivity contribution < 1.29 is 13.2 Å². The molecule has 1 saturated heterocycles. The average Bonchev–Trinajstić information content (AvgIpc) is 2.66. The van der Waals surface area contributed by atoms with Crippen molar-refractivity contribution >= 4 is 10.0 Å². The molecule has 2 aromatic carbocycles. The summed E-state index contributed by atoms with van der Waals surface area (Å²) >= 11 is 0. The number of rotatable bonds is 5. The molecule has 0 saturated carbocycles. The van der Waals surface area contributed by atoms with E-state index in [1.165, 1.54) is 5.56 Å². The monoisotopic (exact) mass is 388 g/mol. The summed E-state index contributed by atoms with van der Waals surface area (Å²) in [7, 11) is -1.90. The first kappa shape index (κ1) is 19.9. The van der Waals surface area contributed by atoms with Crippen LogP contribution >= 0.6 is 0 Å². The first-order valence-electron chi connectivity index (χ1n) is 9.26. The number of piperazine rings is 1. The number of sulfonamides is 1. The fourth-order valence-electron chi connectivity index (χ4n) is 3.73. The molecule has 5 nitrogen and oxygen atoms in total. The van der Waals surface area contributed by atoms with E-state index in [4.69, 9.17) is 4.74 Å². The summed E-state index contributed by atoms with van der Waals surface area (Å²) in [5.74, 6) is 0.733. The van der Waals surface area contributed by atoms with Crippen molar-refractivity contribution in [1.82, 2.24) is 9.21 Å². The molecule has 0 bridgehead atoms. The maximum Gasteiger partial charge on any atom is 0.243 e. The summed E-state index contributed by atoms with van der Waals surface area (Å²) in [5, 5.41) is 0. The van der Waals surface area contributed by atoms with E-state index in [0.717, 1.165) is 42.1 Å². The van der Waals surface area contributed by atoms with Crippen LogP contribution in [0.15, 0.2) is 41.3 Å². The molecule has 27 heavy (non-hydrogen) atoms. The molecular weight excluding hydrogens is 360 g/mol. The number of methoxy groups -OCH3 is 1. The minimum atomic E-state index is -3.52. The Hall–Kier alpha value is -1.89. The van der Waals surface area contributed by atoms with Crippen LogP contribution in [0.5, 0.6) is 5.75 Å². The molecule has 0 unspecified atom stereocenters. The maximum absolute atomic E-state index is 13.3. The summed E-state index contributed by atoms with van der Waals surface area (Å²) in [6, 6.07) is 12.1. The fourth-order valence-corrected chi connectivity index (χ4v) is 5.64. The predicted octanol–water partition coefficient (Wildman–Crippen LogP) is 3.13. The van der Waals surface area contributed by atoms with Crippen molar-refractivity contribution in [2.45, 2.75) is 32.2 Å². The van der Waals surface area contributed by atoms with E-state index in [0.29, 0.717) is 18.0 Å².